The predicted molar refractivity (Wildman–Crippen MR) is 65.3 cm³/mol. The summed E-state index contributed by atoms with van der Waals surface area (Å²) in [6.07, 6.45) is 3.30. The third-order valence-electron chi connectivity index (χ3n) is 2.35. The van der Waals surface area contributed by atoms with Crippen LogP contribution in [0, 0.1) is 6.92 Å². The van der Waals surface area contributed by atoms with Crippen molar-refractivity contribution in [1.82, 2.24) is 0 Å². The van der Waals surface area contributed by atoms with E-state index in [0.717, 1.165) is 30.1 Å². The summed E-state index contributed by atoms with van der Waals surface area (Å²) in [6, 6.07) is 7.70. The molecule has 15 heavy (non-hydrogen) atoms. The molecule has 0 spiro atoms. The first-order valence-electron chi connectivity index (χ1n) is 5.48. The monoisotopic (exact) mass is 226 g/mol. The Morgan fingerprint density at radius 2 is 2.00 bits per heavy atom. The van der Waals surface area contributed by atoms with Gasteiger partial charge in [-0.3, -0.25) is 4.57 Å². The summed E-state index contributed by atoms with van der Waals surface area (Å²) in [6.45, 7) is 4.72. The van der Waals surface area contributed by atoms with Gasteiger partial charge in [0.05, 0.1) is 6.61 Å². The summed E-state index contributed by atoms with van der Waals surface area (Å²) in [7, 11) is -2.03. The molecule has 3 heteroatoms. The summed E-state index contributed by atoms with van der Waals surface area (Å²) in [5, 5.41) is 0.860. The van der Waals surface area contributed by atoms with Gasteiger partial charge in [-0.25, -0.2) is 0 Å². The first-order chi connectivity index (χ1) is 7.25. The zero-order valence-corrected chi connectivity index (χ0v) is 10.5. The number of hydrogen-bond donors (Lipinski definition) is 0. The Labute approximate surface area is 92.5 Å². The SMILES string of the molecule is CCCCCO[PH](=O)c1ccccc1C. The van der Waals surface area contributed by atoms with Gasteiger partial charge >= 0.3 is 0 Å². The molecule has 0 heterocycles. The number of aryl methyl sites for hydroxylation is 1. The summed E-state index contributed by atoms with van der Waals surface area (Å²) in [5.41, 5.74) is 1.05. The lowest BCUT2D eigenvalue weighted by atomic mass is 10.2. The fraction of sp³-hybridized carbons (Fsp3) is 0.500. The van der Waals surface area contributed by atoms with Gasteiger partial charge in [0.1, 0.15) is 0 Å². The fourth-order valence-electron chi connectivity index (χ4n) is 1.40. The summed E-state index contributed by atoms with van der Waals surface area (Å²) < 4.78 is 17.1. The van der Waals surface area contributed by atoms with Crippen molar-refractivity contribution in [2.75, 3.05) is 6.61 Å². The van der Waals surface area contributed by atoms with Crippen molar-refractivity contribution in [1.29, 1.82) is 0 Å². The van der Waals surface area contributed by atoms with Crippen molar-refractivity contribution in [3.05, 3.63) is 29.8 Å². The minimum Gasteiger partial charge on any atom is -0.327 e. The van der Waals surface area contributed by atoms with E-state index in [1.54, 1.807) is 0 Å². The van der Waals surface area contributed by atoms with E-state index in [0.29, 0.717) is 6.61 Å². The second-order valence-electron chi connectivity index (χ2n) is 3.66. The van der Waals surface area contributed by atoms with Crippen LogP contribution in [-0.2, 0) is 9.09 Å². The minimum absolute atomic E-state index is 0.611. The smallest absolute Gasteiger partial charge is 0.220 e. The van der Waals surface area contributed by atoms with Crippen molar-refractivity contribution >= 4 is 13.3 Å². The quantitative estimate of drug-likeness (QED) is 0.549. The molecule has 0 aliphatic carbocycles. The Kier molecular flexibility index (Phi) is 5.67. The molecule has 0 saturated heterocycles. The number of hydrogen-bond acceptors (Lipinski definition) is 2. The Balaban J connectivity index is 2.44. The molecule has 1 aromatic rings. The van der Waals surface area contributed by atoms with Crippen molar-refractivity contribution in [3.8, 4) is 0 Å². The van der Waals surface area contributed by atoms with Crippen LogP contribution in [0.2, 0.25) is 0 Å². The van der Waals surface area contributed by atoms with E-state index in [9.17, 15) is 4.57 Å². The van der Waals surface area contributed by atoms with Gasteiger partial charge in [-0.1, -0.05) is 38.0 Å². The van der Waals surface area contributed by atoms with Crippen molar-refractivity contribution in [3.63, 3.8) is 0 Å². The number of benzene rings is 1. The maximum Gasteiger partial charge on any atom is 0.220 e. The maximum atomic E-state index is 11.8. The molecule has 0 bridgehead atoms. The van der Waals surface area contributed by atoms with Gasteiger partial charge in [-0.15, -0.1) is 0 Å². The Bertz CT molecular complexity index is 323. The average molecular weight is 226 g/mol. The third-order valence-corrected chi connectivity index (χ3v) is 3.81. The Morgan fingerprint density at radius 1 is 1.27 bits per heavy atom. The van der Waals surface area contributed by atoms with Crippen LogP contribution in [0.5, 0.6) is 0 Å². The number of unbranched alkanes of at least 4 members (excludes halogenated alkanes) is 2. The van der Waals surface area contributed by atoms with E-state index in [1.807, 2.05) is 31.2 Å². The van der Waals surface area contributed by atoms with Crippen LogP contribution >= 0.6 is 8.03 Å². The lowest BCUT2D eigenvalue weighted by Gasteiger charge is -2.06. The first kappa shape index (κ1) is 12.5. The van der Waals surface area contributed by atoms with E-state index < -0.39 is 8.03 Å². The van der Waals surface area contributed by atoms with Crippen LogP contribution in [0.25, 0.3) is 0 Å². The lowest BCUT2D eigenvalue weighted by Crippen LogP contribution is -2.03. The molecule has 0 aliphatic rings. The van der Waals surface area contributed by atoms with Crippen LogP contribution in [0.4, 0.5) is 0 Å². The molecule has 0 amide bonds. The van der Waals surface area contributed by atoms with Crippen molar-refractivity contribution < 1.29 is 9.09 Å². The van der Waals surface area contributed by atoms with Gasteiger partial charge in [0.2, 0.25) is 8.03 Å². The number of rotatable bonds is 6. The zero-order chi connectivity index (χ0) is 11.1. The topological polar surface area (TPSA) is 26.3 Å². The summed E-state index contributed by atoms with van der Waals surface area (Å²) >= 11 is 0. The second-order valence-corrected chi connectivity index (χ2v) is 5.06. The molecule has 84 valence electrons. The lowest BCUT2D eigenvalue weighted by molar-refractivity contribution is 0.323. The Hall–Kier alpha value is -0.590. The highest BCUT2D eigenvalue weighted by Crippen LogP contribution is 2.23. The molecule has 0 N–H and O–H groups in total. The molecule has 1 unspecified atom stereocenters. The van der Waals surface area contributed by atoms with Crippen LogP contribution in [0.15, 0.2) is 24.3 Å². The standard InChI is InChI=1S/C12H19O2P/c1-3-4-7-10-14-15(13)12-9-6-5-8-11(12)2/h5-6,8-9,15H,3-4,7,10H2,1-2H3. The van der Waals surface area contributed by atoms with Crippen LogP contribution < -0.4 is 5.30 Å². The molecular weight excluding hydrogens is 207 g/mol. The highest BCUT2D eigenvalue weighted by Gasteiger charge is 2.05. The molecule has 2 nitrogen and oxygen atoms in total. The molecule has 1 aromatic carbocycles. The van der Waals surface area contributed by atoms with Gasteiger partial charge < -0.3 is 4.52 Å². The largest absolute Gasteiger partial charge is 0.327 e. The van der Waals surface area contributed by atoms with E-state index >= 15 is 0 Å². The minimum atomic E-state index is -2.03. The summed E-state index contributed by atoms with van der Waals surface area (Å²) in [4.78, 5) is 0. The van der Waals surface area contributed by atoms with Gasteiger partial charge in [0.15, 0.2) is 0 Å². The van der Waals surface area contributed by atoms with Crippen LogP contribution in [0.1, 0.15) is 31.7 Å². The predicted octanol–water partition coefficient (Wildman–Crippen LogP) is 3.30. The van der Waals surface area contributed by atoms with Gasteiger partial charge in [0, 0.05) is 5.30 Å². The van der Waals surface area contributed by atoms with E-state index in [2.05, 4.69) is 6.92 Å². The Morgan fingerprint density at radius 3 is 2.67 bits per heavy atom. The fourth-order valence-corrected chi connectivity index (χ4v) is 2.52. The molecule has 0 saturated carbocycles. The van der Waals surface area contributed by atoms with Crippen molar-refractivity contribution in [2.45, 2.75) is 33.1 Å². The van der Waals surface area contributed by atoms with Gasteiger partial charge in [-0.2, -0.15) is 0 Å². The highest BCUT2D eigenvalue weighted by atomic mass is 31.1. The molecule has 0 aliphatic heterocycles. The maximum absolute atomic E-state index is 11.8. The first-order valence-corrected chi connectivity index (χ1v) is 6.80. The van der Waals surface area contributed by atoms with E-state index in [4.69, 9.17) is 4.52 Å². The van der Waals surface area contributed by atoms with Gasteiger partial charge in [-0.05, 0) is 25.0 Å². The molecule has 0 fully saturated rings. The third kappa shape index (κ3) is 4.19. The van der Waals surface area contributed by atoms with Crippen molar-refractivity contribution in [2.24, 2.45) is 0 Å². The second kappa shape index (κ2) is 6.81. The van der Waals surface area contributed by atoms with E-state index in [-0.39, 0.29) is 0 Å². The molecule has 1 rings (SSSR count). The molecule has 1 atom stereocenters. The van der Waals surface area contributed by atoms with Crippen LogP contribution in [-0.4, -0.2) is 6.61 Å². The summed E-state index contributed by atoms with van der Waals surface area (Å²) in [5.74, 6) is 0. The average Bonchev–Trinajstić information content (AvgIpc) is 2.25. The molecular formula is C12H19O2P. The zero-order valence-electron chi connectivity index (χ0n) is 9.45. The van der Waals surface area contributed by atoms with E-state index in [1.165, 1.54) is 0 Å². The molecule has 0 aromatic heterocycles. The molecule has 0 radical (unpaired) electrons. The normalized spacial score (nSPS) is 12.7. The van der Waals surface area contributed by atoms with Gasteiger partial charge in [0.25, 0.3) is 0 Å². The van der Waals surface area contributed by atoms with Crippen LogP contribution in [0.3, 0.4) is 0 Å². The highest BCUT2D eigenvalue weighted by molar-refractivity contribution is 7.48.